The van der Waals surface area contributed by atoms with Crippen LogP contribution in [0.15, 0.2) is 12.8 Å². The molecule has 1 saturated heterocycles. The van der Waals surface area contributed by atoms with Gasteiger partial charge in [0, 0.05) is 13.0 Å². The van der Waals surface area contributed by atoms with E-state index in [2.05, 4.69) is 16.6 Å². The molecular weight excluding hydrogens is 166 g/mol. The van der Waals surface area contributed by atoms with Crippen molar-refractivity contribution in [1.82, 2.24) is 5.32 Å². The Hall–Kier alpha value is -0.990. The van der Waals surface area contributed by atoms with Gasteiger partial charge >= 0.3 is 0 Å². The standard InChI is InChI=1S/C6H11NO.C4H8O/c8-6-4-2-1-3-5-7-6;1-3-5-4-2/h1-5H2,(H,7,8);3H,1,4H2,2H3. The minimum absolute atomic E-state index is 0.225. The van der Waals surface area contributed by atoms with E-state index >= 15 is 0 Å². The Balaban J connectivity index is 0.000000252. The van der Waals surface area contributed by atoms with Gasteiger partial charge in [-0.15, -0.1) is 0 Å². The van der Waals surface area contributed by atoms with Crippen molar-refractivity contribution in [3.8, 4) is 0 Å². The van der Waals surface area contributed by atoms with Crippen molar-refractivity contribution in [1.29, 1.82) is 0 Å². The molecule has 1 aliphatic heterocycles. The number of carbonyl (C=O) groups excluding carboxylic acids is 1. The summed E-state index contributed by atoms with van der Waals surface area (Å²) in [4.78, 5) is 10.6. The molecule has 0 aromatic heterocycles. The molecule has 0 atom stereocenters. The Morgan fingerprint density at radius 2 is 2.31 bits per heavy atom. The van der Waals surface area contributed by atoms with Gasteiger partial charge in [-0.3, -0.25) is 4.79 Å². The summed E-state index contributed by atoms with van der Waals surface area (Å²) in [6.07, 6.45) is 5.61. The fraction of sp³-hybridized carbons (Fsp3) is 0.700. The van der Waals surface area contributed by atoms with Crippen LogP contribution >= 0.6 is 0 Å². The van der Waals surface area contributed by atoms with Crippen molar-refractivity contribution in [2.75, 3.05) is 13.2 Å². The molecule has 1 amide bonds. The first-order valence-electron chi connectivity index (χ1n) is 4.80. The summed E-state index contributed by atoms with van der Waals surface area (Å²) in [7, 11) is 0. The topological polar surface area (TPSA) is 38.3 Å². The molecule has 1 heterocycles. The molecule has 1 N–H and O–H groups in total. The van der Waals surface area contributed by atoms with Crippen LogP contribution in [0.5, 0.6) is 0 Å². The third kappa shape index (κ3) is 8.92. The molecule has 0 saturated carbocycles. The van der Waals surface area contributed by atoms with Gasteiger partial charge in [0.05, 0.1) is 12.9 Å². The third-order valence-corrected chi connectivity index (χ3v) is 1.69. The molecule has 1 fully saturated rings. The quantitative estimate of drug-likeness (QED) is 0.667. The number of hydrogen-bond acceptors (Lipinski definition) is 2. The van der Waals surface area contributed by atoms with Gasteiger partial charge in [0.2, 0.25) is 5.91 Å². The van der Waals surface area contributed by atoms with Crippen LogP contribution in [-0.2, 0) is 9.53 Å². The molecule has 0 radical (unpaired) electrons. The fourth-order valence-corrected chi connectivity index (χ4v) is 1.02. The zero-order chi connectivity index (χ0) is 9.94. The lowest BCUT2D eigenvalue weighted by Gasteiger charge is -1.93. The predicted molar refractivity (Wildman–Crippen MR) is 53.3 cm³/mol. The lowest BCUT2D eigenvalue weighted by molar-refractivity contribution is -0.120. The molecule has 0 unspecified atom stereocenters. The molecule has 3 heteroatoms. The van der Waals surface area contributed by atoms with Crippen molar-refractivity contribution in [2.24, 2.45) is 0 Å². The van der Waals surface area contributed by atoms with Crippen LogP contribution in [0, 0.1) is 0 Å². The Morgan fingerprint density at radius 1 is 1.54 bits per heavy atom. The van der Waals surface area contributed by atoms with E-state index in [0.29, 0.717) is 0 Å². The Kier molecular flexibility index (Phi) is 8.41. The van der Waals surface area contributed by atoms with Gasteiger partial charge < -0.3 is 10.1 Å². The molecule has 0 aromatic carbocycles. The first kappa shape index (κ1) is 12.0. The Morgan fingerprint density at radius 3 is 2.85 bits per heavy atom. The largest absolute Gasteiger partial charge is 0.502 e. The molecule has 0 aliphatic carbocycles. The van der Waals surface area contributed by atoms with Crippen molar-refractivity contribution in [2.45, 2.75) is 32.6 Å². The average molecular weight is 185 g/mol. The number of hydrogen-bond donors (Lipinski definition) is 1. The van der Waals surface area contributed by atoms with E-state index in [0.717, 1.165) is 32.4 Å². The summed E-state index contributed by atoms with van der Waals surface area (Å²) < 4.78 is 4.60. The van der Waals surface area contributed by atoms with Crippen LogP contribution in [0.25, 0.3) is 0 Å². The third-order valence-electron chi connectivity index (χ3n) is 1.69. The Bertz CT molecular complexity index is 136. The molecular formula is C10H19NO2. The number of ether oxygens (including phenoxy) is 1. The van der Waals surface area contributed by atoms with Crippen LogP contribution < -0.4 is 5.32 Å². The van der Waals surface area contributed by atoms with Gasteiger partial charge in [-0.1, -0.05) is 13.0 Å². The minimum Gasteiger partial charge on any atom is -0.502 e. The maximum absolute atomic E-state index is 10.6. The van der Waals surface area contributed by atoms with Gasteiger partial charge in [-0.25, -0.2) is 0 Å². The van der Waals surface area contributed by atoms with Gasteiger partial charge in [-0.2, -0.15) is 0 Å². The molecule has 76 valence electrons. The van der Waals surface area contributed by atoms with Gasteiger partial charge in [0.1, 0.15) is 0 Å². The lowest BCUT2D eigenvalue weighted by atomic mass is 10.2. The summed E-state index contributed by atoms with van der Waals surface area (Å²) in [5.41, 5.74) is 0. The highest BCUT2D eigenvalue weighted by atomic mass is 16.5. The van der Waals surface area contributed by atoms with Crippen molar-refractivity contribution >= 4 is 5.91 Å². The first-order valence-corrected chi connectivity index (χ1v) is 4.80. The number of carbonyl (C=O) groups is 1. The van der Waals surface area contributed by atoms with E-state index in [1.807, 2.05) is 6.92 Å². The summed E-state index contributed by atoms with van der Waals surface area (Å²) in [5.74, 6) is 0.225. The minimum atomic E-state index is 0.225. The number of amides is 1. The van der Waals surface area contributed by atoms with Gasteiger partial charge in [-0.05, 0) is 19.8 Å². The molecule has 1 rings (SSSR count). The fourth-order valence-electron chi connectivity index (χ4n) is 1.02. The monoisotopic (exact) mass is 185 g/mol. The van der Waals surface area contributed by atoms with Crippen LogP contribution in [0.3, 0.4) is 0 Å². The smallest absolute Gasteiger partial charge is 0.219 e. The lowest BCUT2D eigenvalue weighted by Crippen LogP contribution is -2.21. The molecule has 0 bridgehead atoms. The normalized spacial score (nSPS) is 15.9. The molecule has 0 aromatic rings. The van der Waals surface area contributed by atoms with Crippen molar-refractivity contribution < 1.29 is 9.53 Å². The summed E-state index contributed by atoms with van der Waals surface area (Å²) >= 11 is 0. The second-order valence-corrected chi connectivity index (χ2v) is 2.78. The SMILES string of the molecule is C=COCC.O=C1CCCCCN1. The molecule has 3 nitrogen and oxygen atoms in total. The van der Waals surface area contributed by atoms with Crippen molar-refractivity contribution in [3.05, 3.63) is 12.8 Å². The summed E-state index contributed by atoms with van der Waals surface area (Å²) in [6, 6.07) is 0. The van der Waals surface area contributed by atoms with E-state index in [1.165, 1.54) is 12.7 Å². The maximum Gasteiger partial charge on any atom is 0.219 e. The van der Waals surface area contributed by atoms with E-state index in [1.54, 1.807) is 0 Å². The van der Waals surface area contributed by atoms with E-state index in [4.69, 9.17) is 0 Å². The van der Waals surface area contributed by atoms with Crippen LogP contribution in [0.1, 0.15) is 32.6 Å². The van der Waals surface area contributed by atoms with Crippen LogP contribution in [0.2, 0.25) is 0 Å². The van der Waals surface area contributed by atoms with Crippen LogP contribution in [-0.4, -0.2) is 19.1 Å². The van der Waals surface area contributed by atoms with Gasteiger partial charge in [0.25, 0.3) is 0 Å². The van der Waals surface area contributed by atoms with Crippen molar-refractivity contribution in [3.63, 3.8) is 0 Å². The zero-order valence-corrected chi connectivity index (χ0v) is 8.34. The molecule has 13 heavy (non-hydrogen) atoms. The first-order chi connectivity index (χ1) is 6.31. The predicted octanol–water partition coefficient (Wildman–Crippen LogP) is 1.84. The highest BCUT2D eigenvalue weighted by molar-refractivity contribution is 5.75. The number of rotatable bonds is 2. The van der Waals surface area contributed by atoms with Gasteiger partial charge in [0.15, 0.2) is 0 Å². The second kappa shape index (κ2) is 9.10. The number of nitrogens with one attached hydrogen (secondary N) is 1. The maximum atomic E-state index is 10.6. The summed E-state index contributed by atoms with van der Waals surface area (Å²) in [6.45, 7) is 6.86. The highest BCUT2D eigenvalue weighted by Gasteiger charge is 2.03. The Labute approximate surface area is 80.2 Å². The average Bonchev–Trinajstić information content (AvgIpc) is 2.35. The van der Waals surface area contributed by atoms with Crippen LogP contribution in [0.4, 0.5) is 0 Å². The van der Waals surface area contributed by atoms with E-state index in [9.17, 15) is 4.79 Å². The second-order valence-electron chi connectivity index (χ2n) is 2.78. The zero-order valence-electron chi connectivity index (χ0n) is 8.34. The molecule has 0 spiro atoms. The summed E-state index contributed by atoms with van der Waals surface area (Å²) in [5, 5.41) is 2.81. The van der Waals surface area contributed by atoms with E-state index in [-0.39, 0.29) is 5.91 Å². The highest BCUT2D eigenvalue weighted by Crippen LogP contribution is 2.02. The van der Waals surface area contributed by atoms with E-state index < -0.39 is 0 Å². The molecule has 1 aliphatic rings.